The van der Waals surface area contributed by atoms with Crippen molar-refractivity contribution in [2.24, 2.45) is 0 Å². The van der Waals surface area contributed by atoms with Crippen molar-refractivity contribution in [1.29, 1.82) is 0 Å². The molecule has 0 saturated heterocycles. The van der Waals surface area contributed by atoms with E-state index in [0.29, 0.717) is 16.4 Å². The fourth-order valence-corrected chi connectivity index (χ4v) is 2.06. The van der Waals surface area contributed by atoms with Crippen LogP contribution in [0.2, 0.25) is 0 Å². The van der Waals surface area contributed by atoms with Crippen molar-refractivity contribution in [2.45, 2.75) is 6.92 Å². The largest absolute Gasteiger partial charge is 0.504 e. The highest BCUT2D eigenvalue weighted by atomic mass is 32.1. The molecule has 1 aromatic heterocycles. The molecule has 3 N–H and O–H groups in total. The Hall–Kier alpha value is -2.08. The van der Waals surface area contributed by atoms with E-state index in [9.17, 15) is 15.0 Å². The maximum Gasteiger partial charge on any atom is 0.223 e. The number of rotatable bonds is 2. The van der Waals surface area contributed by atoms with Gasteiger partial charge in [0.1, 0.15) is 0 Å². The first kappa shape index (κ1) is 11.4. The molecule has 0 fully saturated rings. The molecule has 0 unspecified atom stereocenters. The Balaban J connectivity index is 2.30. The van der Waals surface area contributed by atoms with Gasteiger partial charge in [-0.25, -0.2) is 4.98 Å². The zero-order chi connectivity index (χ0) is 12.4. The van der Waals surface area contributed by atoms with Crippen molar-refractivity contribution in [3.05, 3.63) is 23.6 Å². The summed E-state index contributed by atoms with van der Waals surface area (Å²) in [6.45, 7) is 1.41. The Morgan fingerprint density at radius 2 is 2.12 bits per heavy atom. The van der Waals surface area contributed by atoms with Crippen molar-refractivity contribution in [3.63, 3.8) is 0 Å². The molecule has 0 radical (unpaired) electrons. The number of carbonyl (C=O) groups is 1. The van der Waals surface area contributed by atoms with Gasteiger partial charge in [0, 0.05) is 17.9 Å². The van der Waals surface area contributed by atoms with Gasteiger partial charge in [-0.2, -0.15) is 0 Å². The third-order valence-electron chi connectivity index (χ3n) is 2.06. The fourth-order valence-electron chi connectivity index (χ4n) is 1.30. The molecule has 0 aliphatic heterocycles. The number of hydrogen-bond donors (Lipinski definition) is 3. The van der Waals surface area contributed by atoms with Crippen LogP contribution in [-0.2, 0) is 4.79 Å². The van der Waals surface area contributed by atoms with Crippen LogP contribution in [0.5, 0.6) is 11.5 Å². The van der Waals surface area contributed by atoms with Gasteiger partial charge in [0.05, 0.1) is 5.69 Å². The van der Waals surface area contributed by atoms with Gasteiger partial charge in [0.25, 0.3) is 0 Å². The smallest absolute Gasteiger partial charge is 0.223 e. The number of anilines is 1. The second-order valence-electron chi connectivity index (χ2n) is 3.42. The van der Waals surface area contributed by atoms with Crippen LogP contribution < -0.4 is 5.32 Å². The molecule has 0 saturated carbocycles. The predicted octanol–water partition coefficient (Wildman–Crippen LogP) is 2.18. The Kier molecular flexibility index (Phi) is 2.97. The number of amides is 1. The van der Waals surface area contributed by atoms with E-state index in [1.54, 1.807) is 11.4 Å². The molecule has 1 aromatic carbocycles. The van der Waals surface area contributed by atoms with Gasteiger partial charge >= 0.3 is 0 Å². The van der Waals surface area contributed by atoms with Crippen LogP contribution >= 0.6 is 11.3 Å². The molecule has 0 aliphatic rings. The lowest BCUT2D eigenvalue weighted by Gasteiger charge is -2.00. The monoisotopic (exact) mass is 250 g/mol. The summed E-state index contributed by atoms with van der Waals surface area (Å²) in [5.74, 6) is -0.554. The molecule has 0 atom stereocenters. The average Bonchev–Trinajstić information content (AvgIpc) is 2.69. The summed E-state index contributed by atoms with van der Waals surface area (Å²) < 4.78 is 0. The molecule has 2 rings (SSSR count). The number of phenols is 2. The number of nitrogens with zero attached hydrogens (tertiary/aromatic N) is 1. The van der Waals surface area contributed by atoms with E-state index in [4.69, 9.17) is 0 Å². The topological polar surface area (TPSA) is 82.5 Å². The maximum atomic E-state index is 10.8. The number of phenolic OH excluding ortho intramolecular Hbond substituents is 2. The van der Waals surface area contributed by atoms with Gasteiger partial charge in [0.15, 0.2) is 16.6 Å². The second kappa shape index (κ2) is 4.42. The Morgan fingerprint density at radius 1 is 1.35 bits per heavy atom. The normalized spacial score (nSPS) is 10.2. The minimum Gasteiger partial charge on any atom is -0.504 e. The lowest BCUT2D eigenvalue weighted by Crippen LogP contribution is -2.04. The zero-order valence-corrected chi connectivity index (χ0v) is 9.78. The van der Waals surface area contributed by atoms with Crippen molar-refractivity contribution >= 4 is 22.4 Å². The molecule has 88 valence electrons. The van der Waals surface area contributed by atoms with Crippen molar-refractivity contribution in [3.8, 4) is 22.8 Å². The van der Waals surface area contributed by atoms with Crippen LogP contribution in [-0.4, -0.2) is 21.1 Å². The highest BCUT2D eigenvalue weighted by Crippen LogP contribution is 2.31. The van der Waals surface area contributed by atoms with Gasteiger partial charge in [-0.05, 0) is 18.2 Å². The summed E-state index contributed by atoms with van der Waals surface area (Å²) in [5, 5.41) is 23.4. The van der Waals surface area contributed by atoms with Gasteiger partial charge in [-0.3, -0.25) is 4.79 Å². The first-order valence-corrected chi connectivity index (χ1v) is 5.69. The average molecular weight is 250 g/mol. The number of aromatic nitrogens is 1. The fraction of sp³-hybridized carbons (Fsp3) is 0.0909. The summed E-state index contributed by atoms with van der Waals surface area (Å²) in [4.78, 5) is 15.0. The molecule has 6 heteroatoms. The van der Waals surface area contributed by atoms with Crippen molar-refractivity contribution in [2.75, 3.05) is 5.32 Å². The van der Waals surface area contributed by atoms with Crippen molar-refractivity contribution in [1.82, 2.24) is 4.98 Å². The summed E-state index contributed by atoms with van der Waals surface area (Å²) >= 11 is 1.30. The zero-order valence-electron chi connectivity index (χ0n) is 8.97. The SMILES string of the molecule is CC(=O)Nc1nc(-c2ccc(O)c(O)c2)cs1. The number of thiazole rings is 1. The van der Waals surface area contributed by atoms with Gasteiger partial charge in [0.2, 0.25) is 5.91 Å². The standard InChI is InChI=1S/C11H10N2O3S/c1-6(14)12-11-13-8(5-17-11)7-2-3-9(15)10(16)4-7/h2-5,15-16H,1H3,(H,12,13,14). The van der Waals surface area contributed by atoms with E-state index < -0.39 is 0 Å². The number of carbonyl (C=O) groups excluding carboxylic acids is 1. The van der Waals surface area contributed by atoms with E-state index in [1.807, 2.05) is 0 Å². The van der Waals surface area contributed by atoms with Crippen LogP contribution in [0.1, 0.15) is 6.92 Å². The van der Waals surface area contributed by atoms with E-state index >= 15 is 0 Å². The van der Waals surface area contributed by atoms with Gasteiger partial charge < -0.3 is 15.5 Å². The molecule has 0 bridgehead atoms. The molecular weight excluding hydrogens is 240 g/mol. The van der Waals surface area contributed by atoms with Crippen LogP contribution in [0.15, 0.2) is 23.6 Å². The summed E-state index contributed by atoms with van der Waals surface area (Å²) in [7, 11) is 0. The molecule has 5 nitrogen and oxygen atoms in total. The van der Waals surface area contributed by atoms with Crippen LogP contribution in [0, 0.1) is 0 Å². The molecule has 1 heterocycles. The molecule has 1 amide bonds. The number of benzene rings is 1. The first-order valence-electron chi connectivity index (χ1n) is 4.82. The molecule has 2 aromatic rings. The Morgan fingerprint density at radius 3 is 2.76 bits per heavy atom. The number of hydrogen-bond acceptors (Lipinski definition) is 5. The minimum atomic E-state index is -0.198. The number of nitrogens with one attached hydrogen (secondary N) is 1. The molecule has 0 aliphatic carbocycles. The van der Waals surface area contributed by atoms with E-state index in [0.717, 1.165) is 0 Å². The lowest BCUT2D eigenvalue weighted by molar-refractivity contribution is -0.114. The highest BCUT2D eigenvalue weighted by molar-refractivity contribution is 7.14. The van der Waals surface area contributed by atoms with E-state index in [2.05, 4.69) is 10.3 Å². The van der Waals surface area contributed by atoms with Crippen molar-refractivity contribution < 1.29 is 15.0 Å². The predicted molar refractivity (Wildman–Crippen MR) is 65.2 cm³/mol. The first-order chi connectivity index (χ1) is 8.06. The van der Waals surface area contributed by atoms with Gasteiger partial charge in [-0.15, -0.1) is 11.3 Å². The summed E-state index contributed by atoms with van der Waals surface area (Å²) in [6, 6.07) is 4.45. The maximum absolute atomic E-state index is 10.8. The summed E-state index contributed by atoms with van der Waals surface area (Å²) in [5.41, 5.74) is 1.31. The quantitative estimate of drug-likeness (QED) is 0.713. The number of aromatic hydroxyl groups is 2. The molecule has 0 spiro atoms. The van der Waals surface area contributed by atoms with E-state index in [1.165, 1.54) is 30.4 Å². The van der Waals surface area contributed by atoms with Crippen LogP contribution in [0.3, 0.4) is 0 Å². The highest BCUT2D eigenvalue weighted by Gasteiger charge is 2.07. The third kappa shape index (κ3) is 2.54. The third-order valence-corrected chi connectivity index (χ3v) is 2.82. The second-order valence-corrected chi connectivity index (χ2v) is 4.28. The van der Waals surface area contributed by atoms with Crippen LogP contribution in [0.25, 0.3) is 11.3 Å². The summed E-state index contributed by atoms with van der Waals surface area (Å²) in [6.07, 6.45) is 0. The Bertz CT molecular complexity index is 566. The van der Waals surface area contributed by atoms with Gasteiger partial charge in [-0.1, -0.05) is 0 Å². The molecule has 17 heavy (non-hydrogen) atoms. The molecular formula is C11H10N2O3S. The van der Waals surface area contributed by atoms with E-state index in [-0.39, 0.29) is 17.4 Å². The van der Waals surface area contributed by atoms with Crippen LogP contribution in [0.4, 0.5) is 5.13 Å². The minimum absolute atomic E-state index is 0.175. The lowest BCUT2D eigenvalue weighted by atomic mass is 10.1. The Labute approximate surface area is 101 Å².